The first-order chi connectivity index (χ1) is 8.13. The topological polar surface area (TPSA) is 29.5 Å². The van der Waals surface area contributed by atoms with Crippen LogP contribution in [0.5, 0.6) is 0 Å². The summed E-state index contributed by atoms with van der Waals surface area (Å²) in [4.78, 5) is 16.2. The number of carbonyl (C=O) groups is 1. The van der Waals surface area contributed by atoms with E-state index in [0.717, 1.165) is 10.6 Å². The van der Waals surface area contributed by atoms with Crippen LogP contribution in [0, 0.1) is 0 Å². The zero-order chi connectivity index (χ0) is 13.3. The molecule has 96 valence electrons. The maximum atomic E-state index is 12.8. The van der Waals surface area contributed by atoms with Crippen molar-refractivity contribution in [1.29, 1.82) is 0 Å². The number of nitrogens with zero attached hydrogens (tertiary/aromatic N) is 1. The van der Waals surface area contributed by atoms with E-state index in [-0.39, 0.29) is 18.2 Å². The van der Waals surface area contributed by atoms with Gasteiger partial charge in [0.1, 0.15) is 5.83 Å². The minimum absolute atomic E-state index is 0.157. The summed E-state index contributed by atoms with van der Waals surface area (Å²) in [6.45, 7) is 4.00. The van der Waals surface area contributed by atoms with E-state index in [1.54, 1.807) is 13.1 Å². The first-order valence-corrected chi connectivity index (χ1v) is 5.67. The van der Waals surface area contributed by atoms with Crippen molar-refractivity contribution in [2.24, 2.45) is 0 Å². The number of hydroxylamine groups is 2. The number of amides is 1. The van der Waals surface area contributed by atoms with Crippen molar-refractivity contribution in [3.05, 3.63) is 35.7 Å². The molecule has 0 N–H and O–H groups in total. The molecule has 1 rings (SSSR count). The van der Waals surface area contributed by atoms with E-state index in [2.05, 4.69) is 0 Å². The Kier molecular flexibility index (Phi) is 7.97. The third-order valence-electron chi connectivity index (χ3n) is 2.13. The highest BCUT2D eigenvalue weighted by atomic mass is 19.1. The third-order valence-corrected chi connectivity index (χ3v) is 2.13. The van der Waals surface area contributed by atoms with Gasteiger partial charge in [0.05, 0.1) is 13.5 Å². The molecule has 0 saturated carbocycles. The Balaban J connectivity index is 0.00000121. The summed E-state index contributed by atoms with van der Waals surface area (Å²) in [7, 11) is 2.97. The molecule has 0 spiro atoms. The number of allylic oxidation sites excluding steroid dienone is 5. The first kappa shape index (κ1) is 15.6. The van der Waals surface area contributed by atoms with E-state index in [0.29, 0.717) is 6.42 Å². The molecular formula is C13H20FNO2. The quantitative estimate of drug-likeness (QED) is 0.710. The zero-order valence-electron chi connectivity index (χ0n) is 10.9. The Morgan fingerprint density at radius 2 is 2.06 bits per heavy atom. The Morgan fingerprint density at radius 1 is 1.41 bits per heavy atom. The predicted molar refractivity (Wildman–Crippen MR) is 66.8 cm³/mol. The molecule has 3 nitrogen and oxygen atoms in total. The standard InChI is InChI=1S/C11H14FNO2.C2H6/c1-13(15-2)11(14)8-9-4-3-5-10(12)7-6-9;1-2/h4-7H,3,8H2,1-2H3;1-2H3. The van der Waals surface area contributed by atoms with Gasteiger partial charge in [0, 0.05) is 7.05 Å². The van der Waals surface area contributed by atoms with Gasteiger partial charge in [0.25, 0.3) is 0 Å². The van der Waals surface area contributed by atoms with Crippen LogP contribution in [0.4, 0.5) is 4.39 Å². The van der Waals surface area contributed by atoms with Crippen molar-refractivity contribution in [1.82, 2.24) is 5.06 Å². The van der Waals surface area contributed by atoms with E-state index < -0.39 is 0 Å². The Labute approximate surface area is 102 Å². The Morgan fingerprint density at radius 3 is 2.65 bits per heavy atom. The summed E-state index contributed by atoms with van der Waals surface area (Å²) in [6, 6.07) is 0. The summed E-state index contributed by atoms with van der Waals surface area (Å²) < 4.78 is 12.8. The van der Waals surface area contributed by atoms with Gasteiger partial charge in [0.15, 0.2) is 0 Å². The smallest absolute Gasteiger partial charge is 0.250 e. The molecule has 0 aromatic carbocycles. The summed E-state index contributed by atoms with van der Waals surface area (Å²) in [5.41, 5.74) is 0.799. The van der Waals surface area contributed by atoms with Gasteiger partial charge in [0.2, 0.25) is 5.91 Å². The largest absolute Gasteiger partial charge is 0.275 e. The lowest BCUT2D eigenvalue weighted by Crippen LogP contribution is -2.25. The molecule has 0 atom stereocenters. The maximum Gasteiger partial charge on any atom is 0.250 e. The van der Waals surface area contributed by atoms with E-state index in [1.165, 1.54) is 19.3 Å². The number of hydrogen-bond acceptors (Lipinski definition) is 2. The van der Waals surface area contributed by atoms with Crippen molar-refractivity contribution in [2.75, 3.05) is 14.2 Å². The third kappa shape index (κ3) is 6.02. The van der Waals surface area contributed by atoms with Gasteiger partial charge in [-0.3, -0.25) is 9.63 Å². The van der Waals surface area contributed by atoms with Crippen molar-refractivity contribution in [3.63, 3.8) is 0 Å². The van der Waals surface area contributed by atoms with Crippen LogP contribution in [0.25, 0.3) is 0 Å². The zero-order valence-corrected chi connectivity index (χ0v) is 10.9. The number of hydrogen-bond donors (Lipinski definition) is 0. The molecule has 0 aromatic rings. The second-order valence-electron chi connectivity index (χ2n) is 3.19. The Hall–Kier alpha value is -1.42. The predicted octanol–water partition coefficient (Wildman–Crippen LogP) is 3.16. The summed E-state index contributed by atoms with van der Waals surface area (Å²) >= 11 is 0. The molecular weight excluding hydrogens is 221 g/mol. The van der Waals surface area contributed by atoms with Crippen LogP contribution < -0.4 is 0 Å². The maximum absolute atomic E-state index is 12.8. The minimum Gasteiger partial charge on any atom is -0.275 e. The van der Waals surface area contributed by atoms with Gasteiger partial charge in [-0.25, -0.2) is 9.45 Å². The van der Waals surface area contributed by atoms with Crippen LogP contribution in [-0.2, 0) is 9.63 Å². The lowest BCUT2D eigenvalue weighted by atomic mass is 10.1. The van der Waals surface area contributed by atoms with Crippen LogP contribution >= 0.6 is 0 Å². The fourth-order valence-electron chi connectivity index (χ4n) is 1.16. The highest BCUT2D eigenvalue weighted by molar-refractivity contribution is 5.78. The molecule has 0 bridgehead atoms. The SMILES string of the molecule is CC.CON(C)C(=O)CC1=CCC=C(F)C=C1. The molecule has 1 amide bonds. The highest BCUT2D eigenvalue weighted by Crippen LogP contribution is 2.14. The van der Waals surface area contributed by atoms with Gasteiger partial charge >= 0.3 is 0 Å². The normalized spacial score (nSPS) is 13.9. The summed E-state index contributed by atoms with van der Waals surface area (Å²) in [6.07, 6.45) is 7.00. The second kappa shape index (κ2) is 8.70. The van der Waals surface area contributed by atoms with Crippen molar-refractivity contribution >= 4 is 5.91 Å². The van der Waals surface area contributed by atoms with Gasteiger partial charge in [-0.1, -0.05) is 26.0 Å². The first-order valence-electron chi connectivity index (χ1n) is 5.67. The molecule has 0 fully saturated rings. The summed E-state index contributed by atoms with van der Waals surface area (Å²) in [5.74, 6) is -0.426. The van der Waals surface area contributed by atoms with Crippen molar-refractivity contribution in [2.45, 2.75) is 26.7 Å². The average molecular weight is 241 g/mol. The van der Waals surface area contributed by atoms with Crippen molar-refractivity contribution in [3.8, 4) is 0 Å². The van der Waals surface area contributed by atoms with E-state index in [1.807, 2.05) is 19.9 Å². The lowest BCUT2D eigenvalue weighted by molar-refractivity contribution is -0.167. The molecule has 0 radical (unpaired) electrons. The van der Waals surface area contributed by atoms with E-state index in [4.69, 9.17) is 4.84 Å². The molecule has 1 aliphatic carbocycles. The average Bonchev–Trinajstić information content (AvgIpc) is 2.56. The summed E-state index contributed by atoms with van der Waals surface area (Å²) in [5, 5.41) is 1.16. The van der Waals surface area contributed by atoms with Gasteiger partial charge in [-0.15, -0.1) is 0 Å². The van der Waals surface area contributed by atoms with Crippen LogP contribution in [0.15, 0.2) is 35.7 Å². The Bertz CT molecular complexity index is 332. The van der Waals surface area contributed by atoms with Gasteiger partial charge < -0.3 is 0 Å². The molecule has 0 heterocycles. The van der Waals surface area contributed by atoms with Crippen LogP contribution in [0.1, 0.15) is 26.7 Å². The number of rotatable bonds is 3. The van der Waals surface area contributed by atoms with Crippen LogP contribution in [-0.4, -0.2) is 25.1 Å². The fourth-order valence-corrected chi connectivity index (χ4v) is 1.16. The van der Waals surface area contributed by atoms with Crippen molar-refractivity contribution < 1.29 is 14.0 Å². The second-order valence-corrected chi connectivity index (χ2v) is 3.19. The molecule has 0 saturated heterocycles. The monoisotopic (exact) mass is 241 g/mol. The van der Waals surface area contributed by atoms with E-state index in [9.17, 15) is 9.18 Å². The highest BCUT2D eigenvalue weighted by Gasteiger charge is 2.09. The van der Waals surface area contributed by atoms with E-state index >= 15 is 0 Å². The minimum atomic E-state index is -0.270. The van der Waals surface area contributed by atoms with Gasteiger partial charge in [-0.05, 0) is 24.1 Å². The lowest BCUT2D eigenvalue weighted by Gasteiger charge is -2.13. The molecule has 0 unspecified atom stereocenters. The van der Waals surface area contributed by atoms with Crippen LogP contribution in [0.2, 0.25) is 0 Å². The molecule has 17 heavy (non-hydrogen) atoms. The molecule has 0 aliphatic heterocycles. The fraction of sp³-hybridized carbons (Fsp3) is 0.462. The van der Waals surface area contributed by atoms with Gasteiger partial charge in [-0.2, -0.15) is 0 Å². The molecule has 4 heteroatoms. The number of carbonyl (C=O) groups excluding carboxylic acids is 1. The van der Waals surface area contributed by atoms with Crippen LogP contribution in [0.3, 0.4) is 0 Å². The molecule has 0 aromatic heterocycles. The molecule has 1 aliphatic rings. The number of halogens is 1.